The summed E-state index contributed by atoms with van der Waals surface area (Å²) in [4.78, 5) is 0. The van der Waals surface area contributed by atoms with Gasteiger partial charge in [-0.2, -0.15) is 0 Å². The highest BCUT2D eigenvalue weighted by molar-refractivity contribution is 9.10. The van der Waals surface area contributed by atoms with Crippen molar-refractivity contribution in [3.63, 3.8) is 0 Å². The zero-order valence-corrected chi connectivity index (χ0v) is 10.9. The third kappa shape index (κ3) is 3.38. The highest BCUT2D eigenvalue weighted by atomic mass is 79.9. The lowest BCUT2D eigenvalue weighted by molar-refractivity contribution is 0.234. The van der Waals surface area contributed by atoms with Gasteiger partial charge in [0.05, 0.1) is 4.47 Å². The lowest BCUT2D eigenvalue weighted by atomic mass is 10.2. The third-order valence-electron chi connectivity index (χ3n) is 2.27. The Balaban J connectivity index is 2.82. The fraction of sp³-hybridized carbons (Fsp3) is 0.385. The first-order valence-electron chi connectivity index (χ1n) is 5.23. The van der Waals surface area contributed by atoms with E-state index >= 15 is 0 Å². The van der Waals surface area contributed by atoms with Crippen molar-refractivity contribution in [1.82, 2.24) is 0 Å². The van der Waals surface area contributed by atoms with Crippen LogP contribution in [0, 0.1) is 6.92 Å². The van der Waals surface area contributed by atoms with E-state index in [1.54, 1.807) is 0 Å². The summed E-state index contributed by atoms with van der Waals surface area (Å²) in [5.41, 5.74) is 1.15. The lowest BCUT2D eigenvalue weighted by Crippen LogP contribution is -2.13. The van der Waals surface area contributed by atoms with Gasteiger partial charge in [0.15, 0.2) is 0 Å². The van der Waals surface area contributed by atoms with Crippen molar-refractivity contribution in [3.8, 4) is 5.75 Å². The molecule has 0 saturated heterocycles. The SMILES string of the molecule is C=CC(CCC)Oc1c(C)cccc1Br. The molecule has 0 fully saturated rings. The van der Waals surface area contributed by atoms with E-state index in [-0.39, 0.29) is 6.10 Å². The predicted molar refractivity (Wildman–Crippen MR) is 68.4 cm³/mol. The van der Waals surface area contributed by atoms with Crippen molar-refractivity contribution < 1.29 is 4.74 Å². The molecular weight excluding hydrogens is 252 g/mol. The monoisotopic (exact) mass is 268 g/mol. The Bertz CT molecular complexity index is 313. The van der Waals surface area contributed by atoms with Crippen molar-refractivity contribution in [1.29, 1.82) is 0 Å². The van der Waals surface area contributed by atoms with Crippen molar-refractivity contribution in [3.05, 3.63) is 40.9 Å². The van der Waals surface area contributed by atoms with Gasteiger partial charge in [-0.1, -0.05) is 38.1 Å². The molecule has 1 unspecified atom stereocenters. The van der Waals surface area contributed by atoms with Gasteiger partial charge in [-0.3, -0.25) is 0 Å². The van der Waals surface area contributed by atoms with Crippen LogP contribution in [-0.2, 0) is 0 Å². The molecule has 0 N–H and O–H groups in total. The summed E-state index contributed by atoms with van der Waals surface area (Å²) in [6.45, 7) is 7.99. The van der Waals surface area contributed by atoms with Gasteiger partial charge in [-0.05, 0) is 40.9 Å². The molecule has 0 radical (unpaired) electrons. The molecule has 0 heterocycles. The first kappa shape index (κ1) is 12.3. The molecule has 2 heteroatoms. The normalized spacial score (nSPS) is 12.2. The molecular formula is C13H17BrO. The van der Waals surface area contributed by atoms with Crippen molar-refractivity contribution in [2.24, 2.45) is 0 Å². The summed E-state index contributed by atoms with van der Waals surface area (Å²) in [7, 11) is 0. The standard InChI is InChI=1S/C13H17BrO/c1-4-7-11(5-2)15-13-10(3)8-6-9-12(13)14/h5-6,8-9,11H,2,4,7H2,1,3H3. The van der Waals surface area contributed by atoms with Crippen LogP contribution in [0.2, 0.25) is 0 Å². The number of hydrogen-bond donors (Lipinski definition) is 0. The maximum atomic E-state index is 5.90. The second kappa shape index (κ2) is 5.96. The maximum Gasteiger partial charge on any atom is 0.137 e. The molecule has 82 valence electrons. The number of benzene rings is 1. The molecule has 0 saturated carbocycles. The highest BCUT2D eigenvalue weighted by Crippen LogP contribution is 2.29. The maximum absolute atomic E-state index is 5.90. The minimum atomic E-state index is 0.104. The molecule has 0 aliphatic heterocycles. The van der Waals surface area contributed by atoms with Gasteiger partial charge in [0.2, 0.25) is 0 Å². The molecule has 0 aliphatic rings. The Labute approximate surface area is 100 Å². The number of aryl methyl sites for hydroxylation is 1. The van der Waals surface area contributed by atoms with Crippen LogP contribution in [-0.4, -0.2) is 6.10 Å². The van der Waals surface area contributed by atoms with E-state index in [2.05, 4.69) is 29.4 Å². The van der Waals surface area contributed by atoms with Crippen LogP contribution < -0.4 is 4.74 Å². The number of para-hydroxylation sites is 1. The summed E-state index contributed by atoms with van der Waals surface area (Å²) < 4.78 is 6.91. The molecule has 1 rings (SSSR count). The summed E-state index contributed by atoms with van der Waals surface area (Å²) >= 11 is 3.50. The van der Waals surface area contributed by atoms with Crippen LogP contribution in [0.4, 0.5) is 0 Å². The Hall–Kier alpha value is -0.760. The average Bonchev–Trinajstić information content (AvgIpc) is 2.22. The van der Waals surface area contributed by atoms with Crippen LogP contribution >= 0.6 is 15.9 Å². The Kier molecular flexibility index (Phi) is 4.89. The Morgan fingerprint density at radius 3 is 2.80 bits per heavy atom. The Morgan fingerprint density at radius 2 is 2.27 bits per heavy atom. The first-order valence-corrected chi connectivity index (χ1v) is 6.02. The zero-order valence-electron chi connectivity index (χ0n) is 9.29. The van der Waals surface area contributed by atoms with Gasteiger partial charge >= 0.3 is 0 Å². The highest BCUT2D eigenvalue weighted by Gasteiger charge is 2.09. The minimum Gasteiger partial charge on any atom is -0.485 e. The van der Waals surface area contributed by atoms with Crippen molar-refractivity contribution >= 4 is 15.9 Å². The second-order valence-corrected chi connectivity index (χ2v) is 4.42. The molecule has 1 atom stereocenters. The fourth-order valence-electron chi connectivity index (χ4n) is 1.43. The number of rotatable bonds is 5. The number of halogens is 1. The molecule has 1 nitrogen and oxygen atoms in total. The van der Waals surface area contributed by atoms with E-state index < -0.39 is 0 Å². The van der Waals surface area contributed by atoms with E-state index in [0.717, 1.165) is 28.6 Å². The first-order chi connectivity index (χ1) is 7.19. The molecule has 1 aromatic rings. The van der Waals surface area contributed by atoms with E-state index in [1.165, 1.54) is 0 Å². The van der Waals surface area contributed by atoms with E-state index in [0.29, 0.717) is 0 Å². The molecule has 15 heavy (non-hydrogen) atoms. The molecule has 0 aromatic heterocycles. The van der Waals surface area contributed by atoms with Crippen molar-refractivity contribution in [2.45, 2.75) is 32.8 Å². The molecule has 0 bridgehead atoms. The summed E-state index contributed by atoms with van der Waals surface area (Å²) in [6, 6.07) is 6.05. The average molecular weight is 269 g/mol. The largest absolute Gasteiger partial charge is 0.485 e. The topological polar surface area (TPSA) is 9.23 Å². The van der Waals surface area contributed by atoms with Crippen molar-refractivity contribution in [2.75, 3.05) is 0 Å². The van der Waals surface area contributed by atoms with Crippen LogP contribution in [0.15, 0.2) is 35.3 Å². The van der Waals surface area contributed by atoms with Gasteiger partial charge < -0.3 is 4.74 Å². The molecule has 1 aromatic carbocycles. The van der Waals surface area contributed by atoms with Gasteiger partial charge in [-0.25, -0.2) is 0 Å². The summed E-state index contributed by atoms with van der Waals surface area (Å²) in [5, 5.41) is 0. The van der Waals surface area contributed by atoms with Gasteiger partial charge in [0, 0.05) is 0 Å². The predicted octanol–water partition coefficient (Wildman–Crippen LogP) is 4.49. The van der Waals surface area contributed by atoms with E-state index in [1.807, 2.05) is 31.2 Å². The lowest BCUT2D eigenvalue weighted by Gasteiger charge is -2.17. The number of ether oxygens (including phenoxy) is 1. The zero-order chi connectivity index (χ0) is 11.3. The molecule has 0 amide bonds. The van der Waals surface area contributed by atoms with Crippen LogP contribution in [0.3, 0.4) is 0 Å². The molecule has 0 aliphatic carbocycles. The third-order valence-corrected chi connectivity index (χ3v) is 2.89. The van der Waals surface area contributed by atoms with Crippen LogP contribution in [0.25, 0.3) is 0 Å². The fourth-order valence-corrected chi connectivity index (χ4v) is 1.99. The second-order valence-electron chi connectivity index (χ2n) is 3.57. The van der Waals surface area contributed by atoms with E-state index in [9.17, 15) is 0 Å². The quantitative estimate of drug-likeness (QED) is 0.715. The molecule has 0 spiro atoms. The number of hydrogen-bond acceptors (Lipinski definition) is 1. The summed E-state index contributed by atoms with van der Waals surface area (Å²) in [5.74, 6) is 0.927. The summed E-state index contributed by atoms with van der Waals surface area (Å²) in [6.07, 6.45) is 4.07. The van der Waals surface area contributed by atoms with Crippen LogP contribution in [0.1, 0.15) is 25.3 Å². The van der Waals surface area contributed by atoms with Gasteiger partial charge in [0.25, 0.3) is 0 Å². The van der Waals surface area contributed by atoms with Gasteiger partial charge in [0.1, 0.15) is 11.9 Å². The van der Waals surface area contributed by atoms with E-state index in [4.69, 9.17) is 4.74 Å². The smallest absolute Gasteiger partial charge is 0.137 e. The van der Waals surface area contributed by atoms with Gasteiger partial charge in [-0.15, -0.1) is 0 Å². The Morgan fingerprint density at radius 1 is 1.53 bits per heavy atom. The van der Waals surface area contributed by atoms with Crippen LogP contribution in [0.5, 0.6) is 5.75 Å². The minimum absolute atomic E-state index is 0.104.